The molecule has 0 radical (unpaired) electrons. The van der Waals surface area contributed by atoms with E-state index in [0.29, 0.717) is 29.8 Å². The van der Waals surface area contributed by atoms with Crippen molar-refractivity contribution in [3.63, 3.8) is 0 Å². The van der Waals surface area contributed by atoms with Gasteiger partial charge in [-0.25, -0.2) is 0 Å². The van der Waals surface area contributed by atoms with Crippen LogP contribution >= 0.6 is 11.3 Å². The maximum atomic E-state index is 12.8. The minimum absolute atomic E-state index is 0.0337. The summed E-state index contributed by atoms with van der Waals surface area (Å²) >= 11 is 1.62. The van der Waals surface area contributed by atoms with Crippen molar-refractivity contribution in [1.29, 1.82) is 0 Å². The number of ether oxygens (including phenoxy) is 2. The van der Waals surface area contributed by atoms with Gasteiger partial charge in [0.2, 0.25) is 5.78 Å². The third kappa shape index (κ3) is 2.58. The van der Waals surface area contributed by atoms with Gasteiger partial charge in [0, 0.05) is 23.5 Å². The van der Waals surface area contributed by atoms with Gasteiger partial charge in [0.05, 0.1) is 11.1 Å². The van der Waals surface area contributed by atoms with Crippen LogP contribution in [0.5, 0.6) is 11.5 Å². The molecule has 26 heavy (non-hydrogen) atoms. The predicted molar refractivity (Wildman–Crippen MR) is 102 cm³/mol. The molecule has 2 aromatic rings. The van der Waals surface area contributed by atoms with Gasteiger partial charge in [-0.15, -0.1) is 11.3 Å². The van der Waals surface area contributed by atoms with E-state index < -0.39 is 0 Å². The maximum Gasteiger partial charge on any atom is 0.232 e. The van der Waals surface area contributed by atoms with Crippen LogP contribution in [-0.2, 0) is 6.54 Å². The minimum atomic E-state index is -0.0337. The van der Waals surface area contributed by atoms with Crippen LogP contribution in [0.15, 0.2) is 29.3 Å². The van der Waals surface area contributed by atoms with Crippen molar-refractivity contribution in [2.45, 2.75) is 45.2 Å². The highest BCUT2D eigenvalue weighted by atomic mass is 32.1. The number of thiophene rings is 1. The first-order chi connectivity index (χ1) is 12.7. The fraction of sp³-hybridized carbons (Fsp3) is 0.381. The third-order valence-electron chi connectivity index (χ3n) is 5.65. The lowest BCUT2D eigenvalue weighted by atomic mass is 10.0. The standard InChI is InChI=1S/C21H21NO3S/c1-13-8-9-26-19(13)10-18-20(23)15-6-7-17-16(21(15)25-18)11-22(12-24-17)14-4-2-3-5-14/h6-10,14H,2-5,11-12H2,1H3/b18-10-. The van der Waals surface area contributed by atoms with Crippen LogP contribution in [0.3, 0.4) is 0 Å². The molecule has 3 aliphatic rings. The second kappa shape index (κ2) is 6.25. The van der Waals surface area contributed by atoms with Crippen LogP contribution in [0.2, 0.25) is 0 Å². The molecule has 2 aliphatic heterocycles. The number of hydrogen-bond acceptors (Lipinski definition) is 5. The molecule has 0 spiro atoms. The van der Waals surface area contributed by atoms with E-state index in [1.165, 1.54) is 25.7 Å². The summed E-state index contributed by atoms with van der Waals surface area (Å²) in [5, 5.41) is 2.03. The van der Waals surface area contributed by atoms with Gasteiger partial charge < -0.3 is 9.47 Å². The fourth-order valence-electron chi connectivity index (χ4n) is 4.13. The zero-order valence-corrected chi connectivity index (χ0v) is 15.6. The van der Waals surface area contributed by atoms with Crippen LogP contribution < -0.4 is 9.47 Å². The van der Waals surface area contributed by atoms with Gasteiger partial charge >= 0.3 is 0 Å². The molecular formula is C21H21NO3S. The first-order valence-electron chi connectivity index (χ1n) is 9.22. The van der Waals surface area contributed by atoms with E-state index in [2.05, 4.69) is 11.0 Å². The number of rotatable bonds is 2. The quantitative estimate of drug-likeness (QED) is 0.717. The number of carbonyl (C=O) groups is 1. The Hall–Kier alpha value is -2.11. The Morgan fingerprint density at radius 3 is 2.85 bits per heavy atom. The van der Waals surface area contributed by atoms with Crippen LogP contribution in [0.4, 0.5) is 0 Å². The molecule has 0 amide bonds. The van der Waals surface area contributed by atoms with Crippen molar-refractivity contribution in [2.24, 2.45) is 0 Å². The van der Waals surface area contributed by atoms with Crippen LogP contribution in [0, 0.1) is 6.92 Å². The number of carbonyl (C=O) groups excluding carboxylic acids is 1. The van der Waals surface area contributed by atoms with Gasteiger partial charge in [0.25, 0.3) is 0 Å². The second-order valence-corrected chi connectivity index (χ2v) is 8.23. The highest BCUT2D eigenvalue weighted by molar-refractivity contribution is 7.11. The number of fused-ring (bicyclic) bond motifs is 3. The normalized spacial score (nSPS) is 21.6. The number of Topliss-reactive ketones (excluding diaryl/α,β-unsaturated/α-hetero) is 1. The minimum Gasteiger partial charge on any atom is -0.478 e. The van der Waals surface area contributed by atoms with E-state index in [9.17, 15) is 4.79 Å². The molecular weight excluding hydrogens is 346 g/mol. The van der Waals surface area contributed by atoms with Crippen LogP contribution in [0.1, 0.15) is 52.0 Å². The summed E-state index contributed by atoms with van der Waals surface area (Å²) in [7, 11) is 0. The lowest BCUT2D eigenvalue weighted by molar-refractivity contribution is 0.0567. The Balaban J connectivity index is 1.49. The van der Waals surface area contributed by atoms with Crippen LogP contribution in [0.25, 0.3) is 6.08 Å². The zero-order valence-electron chi connectivity index (χ0n) is 14.8. The topological polar surface area (TPSA) is 38.8 Å². The number of allylic oxidation sites excluding steroid dienone is 1. The molecule has 1 fully saturated rings. The number of aryl methyl sites for hydroxylation is 1. The summed E-state index contributed by atoms with van der Waals surface area (Å²) in [4.78, 5) is 16.3. The SMILES string of the molecule is Cc1ccsc1/C=C1\Oc2c(ccc3c2CN(C2CCCC2)CO3)C1=O. The molecule has 5 heteroatoms. The monoisotopic (exact) mass is 367 g/mol. The first kappa shape index (κ1) is 16.1. The Bertz CT molecular complexity index is 908. The average molecular weight is 367 g/mol. The summed E-state index contributed by atoms with van der Waals surface area (Å²) in [6, 6.07) is 6.39. The molecule has 0 saturated heterocycles. The summed E-state index contributed by atoms with van der Waals surface area (Å²) in [5.74, 6) is 1.92. The largest absolute Gasteiger partial charge is 0.478 e. The van der Waals surface area contributed by atoms with E-state index >= 15 is 0 Å². The van der Waals surface area contributed by atoms with Gasteiger partial charge in [-0.2, -0.15) is 0 Å². The van der Waals surface area contributed by atoms with Gasteiger partial charge in [0.15, 0.2) is 5.76 Å². The predicted octanol–water partition coefficient (Wildman–Crippen LogP) is 4.77. The second-order valence-electron chi connectivity index (χ2n) is 7.29. The van der Waals surface area contributed by atoms with Crippen molar-refractivity contribution in [3.05, 3.63) is 50.9 Å². The van der Waals surface area contributed by atoms with Crippen LogP contribution in [-0.4, -0.2) is 23.5 Å². The van der Waals surface area contributed by atoms with E-state index in [0.717, 1.165) is 28.3 Å². The molecule has 0 atom stereocenters. The molecule has 1 aromatic heterocycles. The summed E-state index contributed by atoms with van der Waals surface area (Å²) in [5.41, 5.74) is 2.83. The lowest BCUT2D eigenvalue weighted by Gasteiger charge is -2.33. The van der Waals surface area contributed by atoms with E-state index in [1.807, 2.05) is 30.5 Å². The molecule has 1 saturated carbocycles. The van der Waals surface area contributed by atoms with E-state index in [-0.39, 0.29) is 5.78 Å². The van der Waals surface area contributed by atoms with Crippen molar-refractivity contribution in [3.8, 4) is 11.5 Å². The van der Waals surface area contributed by atoms with Crippen molar-refractivity contribution < 1.29 is 14.3 Å². The smallest absolute Gasteiger partial charge is 0.232 e. The molecule has 0 unspecified atom stereocenters. The average Bonchev–Trinajstić information content (AvgIpc) is 3.38. The summed E-state index contributed by atoms with van der Waals surface area (Å²) < 4.78 is 12.1. The third-order valence-corrected chi connectivity index (χ3v) is 6.62. The molecule has 3 heterocycles. The summed E-state index contributed by atoms with van der Waals surface area (Å²) in [6.07, 6.45) is 6.92. The van der Waals surface area contributed by atoms with Gasteiger partial charge in [-0.05, 0) is 48.9 Å². The first-order valence-corrected chi connectivity index (χ1v) is 10.1. The Morgan fingerprint density at radius 2 is 2.08 bits per heavy atom. The number of benzene rings is 1. The molecule has 1 aromatic carbocycles. The van der Waals surface area contributed by atoms with Crippen molar-refractivity contribution in [2.75, 3.05) is 6.73 Å². The fourth-order valence-corrected chi connectivity index (χ4v) is 4.98. The zero-order chi connectivity index (χ0) is 17.7. The van der Waals surface area contributed by atoms with Gasteiger partial charge in [0.1, 0.15) is 18.2 Å². The van der Waals surface area contributed by atoms with E-state index in [1.54, 1.807) is 11.3 Å². The highest BCUT2D eigenvalue weighted by Crippen LogP contribution is 2.43. The Kier molecular flexibility index (Phi) is 3.87. The maximum absolute atomic E-state index is 12.8. The molecule has 5 rings (SSSR count). The van der Waals surface area contributed by atoms with Crippen molar-refractivity contribution in [1.82, 2.24) is 4.90 Å². The molecule has 134 valence electrons. The molecule has 0 bridgehead atoms. The Morgan fingerprint density at radius 1 is 1.23 bits per heavy atom. The highest BCUT2D eigenvalue weighted by Gasteiger charge is 2.35. The summed E-state index contributed by atoms with van der Waals surface area (Å²) in [6.45, 7) is 3.47. The van der Waals surface area contributed by atoms with Gasteiger partial charge in [-0.1, -0.05) is 12.8 Å². The number of hydrogen-bond donors (Lipinski definition) is 0. The van der Waals surface area contributed by atoms with Crippen molar-refractivity contribution >= 4 is 23.2 Å². The number of ketones is 1. The molecule has 0 N–H and O–H groups in total. The Labute approximate surface area is 157 Å². The lowest BCUT2D eigenvalue weighted by Crippen LogP contribution is -2.39. The molecule has 4 nitrogen and oxygen atoms in total. The molecule has 1 aliphatic carbocycles. The number of nitrogens with zero attached hydrogens (tertiary/aromatic N) is 1. The van der Waals surface area contributed by atoms with Gasteiger partial charge in [-0.3, -0.25) is 9.69 Å². The van der Waals surface area contributed by atoms with E-state index in [4.69, 9.17) is 9.47 Å².